The normalized spacial score (nSPS) is 16.9. The molecule has 2 amide bonds. The average molecular weight is 379 g/mol. The van der Waals surface area contributed by atoms with Crippen molar-refractivity contribution in [2.45, 2.75) is 50.7 Å². The van der Waals surface area contributed by atoms with E-state index >= 15 is 0 Å². The van der Waals surface area contributed by atoms with Crippen molar-refractivity contribution >= 4 is 11.8 Å². The summed E-state index contributed by atoms with van der Waals surface area (Å²) in [6.45, 7) is 0. The minimum Gasteiger partial charge on any atom is -0.493 e. The number of hydrazine groups is 1. The zero-order valence-electron chi connectivity index (χ0n) is 15.9. The first kappa shape index (κ1) is 21.0. The number of aliphatic hydroxyl groups is 1. The molecule has 27 heavy (non-hydrogen) atoms. The van der Waals surface area contributed by atoms with Crippen LogP contribution in [0.25, 0.3) is 0 Å². The predicted octanol–water partition coefficient (Wildman–Crippen LogP) is 1.12. The molecule has 150 valence electrons. The van der Waals surface area contributed by atoms with Crippen LogP contribution in [0.1, 0.15) is 48.9 Å². The third-order valence-electron chi connectivity index (χ3n) is 4.95. The third kappa shape index (κ3) is 5.83. The van der Waals surface area contributed by atoms with Crippen LogP contribution in [0.4, 0.5) is 0 Å². The van der Waals surface area contributed by atoms with E-state index in [2.05, 4.69) is 10.9 Å². The highest BCUT2D eigenvalue weighted by molar-refractivity contribution is 5.96. The lowest BCUT2D eigenvalue weighted by Gasteiger charge is -2.26. The summed E-state index contributed by atoms with van der Waals surface area (Å²) < 4.78 is 10.3. The van der Waals surface area contributed by atoms with Gasteiger partial charge in [-0.25, -0.2) is 0 Å². The van der Waals surface area contributed by atoms with Gasteiger partial charge in [0.25, 0.3) is 11.8 Å². The molecule has 1 aliphatic carbocycles. The van der Waals surface area contributed by atoms with Crippen LogP contribution < -0.4 is 26.1 Å². The van der Waals surface area contributed by atoms with Crippen LogP contribution >= 0.6 is 0 Å². The van der Waals surface area contributed by atoms with Crippen molar-refractivity contribution in [1.29, 1.82) is 0 Å². The molecule has 1 aromatic rings. The Balaban J connectivity index is 1.85. The number of nitrogens with one attached hydrogen (secondary N) is 2. The van der Waals surface area contributed by atoms with Gasteiger partial charge in [0.05, 0.1) is 14.2 Å². The second-order valence-electron chi connectivity index (χ2n) is 6.86. The van der Waals surface area contributed by atoms with E-state index in [9.17, 15) is 14.7 Å². The Bertz CT molecular complexity index is 646. The lowest BCUT2D eigenvalue weighted by Crippen LogP contribution is -2.52. The highest BCUT2D eigenvalue weighted by Gasteiger charge is 2.27. The molecule has 5 N–H and O–H groups in total. The molecular formula is C19H29N3O5. The van der Waals surface area contributed by atoms with Crippen molar-refractivity contribution < 1.29 is 24.2 Å². The largest absolute Gasteiger partial charge is 0.493 e. The first-order valence-corrected chi connectivity index (χ1v) is 9.22. The van der Waals surface area contributed by atoms with Crippen LogP contribution in [-0.4, -0.2) is 43.3 Å². The standard InChI is InChI=1S/C19H29N3O5/c1-26-15-9-8-13(11-16(15)27-2)18(24)21-22-19(25)17(23)14(20)10-12-6-4-3-5-7-12/h8-9,11-12,14,17,23H,3-7,10,20H2,1-2H3,(H,21,24)(H,22,25)/t14-,17?/m1/s1. The molecule has 1 aliphatic rings. The summed E-state index contributed by atoms with van der Waals surface area (Å²) >= 11 is 0. The predicted molar refractivity (Wildman–Crippen MR) is 100 cm³/mol. The van der Waals surface area contributed by atoms with Gasteiger partial charge in [0.1, 0.15) is 6.10 Å². The minimum atomic E-state index is -1.38. The highest BCUT2D eigenvalue weighted by Crippen LogP contribution is 2.28. The molecule has 0 bridgehead atoms. The number of ether oxygens (including phenoxy) is 2. The van der Waals surface area contributed by atoms with Gasteiger partial charge in [-0.3, -0.25) is 20.4 Å². The summed E-state index contributed by atoms with van der Waals surface area (Å²) in [5.41, 5.74) is 10.8. The molecule has 1 unspecified atom stereocenters. The lowest BCUT2D eigenvalue weighted by molar-refractivity contribution is -0.131. The van der Waals surface area contributed by atoms with Crippen molar-refractivity contribution in [3.63, 3.8) is 0 Å². The molecule has 0 saturated heterocycles. The van der Waals surface area contributed by atoms with Crippen molar-refractivity contribution in [2.24, 2.45) is 11.7 Å². The molecule has 2 atom stereocenters. The van der Waals surface area contributed by atoms with E-state index in [0.717, 1.165) is 12.8 Å². The Hall–Kier alpha value is -2.32. The smallest absolute Gasteiger partial charge is 0.269 e. The Labute approximate surface area is 159 Å². The van der Waals surface area contributed by atoms with Crippen LogP contribution in [0.2, 0.25) is 0 Å². The van der Waals surface area contributed by atoms with Gasteiger partial charge in [0, 0.05) is 11.6 Å². The molecule has 8 nitrogen and oxygen atoms in total. The van der Waals surface area contributed by atoms with Crippen LogP contribution in [0.5, 0.6) is 11.5 Å². The molecular weight excluding hydrogens is 350 g/mol. The van der Waals surface area contributed by atoms with Gasteiger partial charge in [-0.15, -0.1) is 0 Å². The molecule has 0 aromatic heterocycles. The van der Waals surface area contributed by atoms with E-state index in [1.54, 1.807) is 6.07 Å². The first-order chi connectivity index (χ1) is 13.0. The molecule has 0 heterocycles. The van der Waals surface area contributed by atoms with E-state index in [0.29, 0.717) is 23.8 Å². The van der Waals surface area contributed by atoms with Gasteiger partial charge in [-0.1, -0.05) is 32.1 Å². The average Bonchev–Trinajstić information content (AvgIpc) is 2.71. The maximum Gasteiger partial charge on any atom is 0.269 e. The molecule has 1 aromatic carbocycles. The first-order valence-electron chi connectivity index (χ1n) is 9.22. The Morgan fingerprint density at radius 3 is 2.44 bits per heavy atom. The number of aliphatic hydroxyl groups excluding tert-OH is 1. The number of hydrogen-bond donors (Lipinski definition) is 4. The van der Waals surface area contributed by atoms with Gasteiger partial charge in [-0.2, -0.15) is 0 Å². The quantitative estimate of drug-likeness (QED) is 0.527. The maximum absolute atomic E-state index is 12.2. The summed E-state index contributed by atoms with van der Waals surface area (Å²) in [6, 6.07) is 3.95. The van der Waals surface area contributed by atoms with E-state index in [4.69, 9.17) is 15.2 Å². The van der Waals surface area contributed by atoms with Crippen LogP contribution in [0.3, 0.4) is 0 Å². The summed E-state index contributed by atoms with van der Waals surface area (Å²) in [6.07, 6.45) is 4.95. The van der Waals surface area contributed by atoms with Crippen molar-refractivity contribution in [3.05, 3.63) is 23.8 Å². The molecule has 0 radical (unpaired) electrons. The van der Waals surface area contributed by atoms with E-state index in [-0.39, 0.29) is 5.56 Å². The molecule has 0 spiro atoms. The second-order valence-corrected chi connectivity index (χ2v) is 6.86. The minimum absolute atomic E-state index is 0.272. The van der Waals surface area contributed by atoms with Gasteiger partial charge >= 0.3 is 0 Å². The van der Waals surface area contributed by atoms with E-state index in [1.165, 1.54) is 45.6 Å². The molecule has 1 fully saturated rings. The molecule has 2 rings (SSSR count). The van der Waals surface area contributed by atoms with E-state index < -0.39 is 24.0 Å². The lowest BCUT2D eigenvalue weighted by atomic mass is 9.84. The summed E-state index contributed by atoms with van der Waals surface area (Å²) in [5, 5.41) is 10.1. The number of nitrogens with two attached hydrogens (primary N) is 1. The Morgan fingerprint density at radius 1 is 1.15 bits per heavy atom. The molecule has 8 heteroatoms. The third-order valence-corrected chi connectivity index (χ3v) is 4.95. The number of methoxy groups -OCH3 is 2. The van der Waals surface area contributed by atoms with Crippen molar-refractivity contribution in [1.82, 2.24) is 10.9 Å². The topological polar surface area (TPSA) is 123 Å². The maximum atomic E-state index is 12.2. The van der Waals surface area contributed by atoms with Gasteiger partial charge in [0.2, 0.25) is 0 Å². The monoisotopic (exact) mass is 379 g/mol. The zero-order chi connectivity index (χ0) is 19.8. The summed E-state index contributed by atoms with van der Waals surface area (Å²) in [4.78, 5) is 24.3. The van der Waals surface area contributed by atoms with Crippen LogP contribution in [0, 0.1) is 5.92 Å². The number of rotatable bonds is 7. The van der Waals surface area contributed by atoms with E-state index in [1.807, 2.05) is 0 Å². The van der Waals surface area contributed by atoms with Crippen LogP contribution in [-0.2, 0) is 4.79 Å². The highest BCUT2D eigenvalue weighted by atomic mass is 16.5. The molecule has 0 aliphatic heterocycles. The van der Waals surface area contributed by atoms with Gasteiger partial charge in [-0.05, 0) is 30.5 Å². The number of amides is 2. The Kier molecular flexibility index (Phi) is 7.87. The SMILES string of the molecule is COc1ccc(C(=O)NNC(=O)C(O)[C@H](N)CC2CCCCC2)cc1OC. The second kappa shape index (κ2) is 10.1. The number of carbonyl (C=O) groups is 2. The number of benzene rings is 1. The van der Waals surface area contributed by atoms with Gasteiger partial charge < -0.3 is 20.3 Å². The fourth-order valence-electron chi connectivity index (χ4n) is 3.37. The zero-order valence-corrected chi connectivity index (χ0v) is 15.9. The Morgan fingerprint density at radius 2 is 1.81 bits per heavy atom. The van der Waals surface area contributed by atoms with Crippen LogP contribution in [0.15, 0.2) is 18.2 Å². The van der Waals surface area contributed by atoms with Crippen molar-refractivity contribution in [2.75, 3.05) is 14.2 Å². The fraction of sp³-hybridized carbons (Fsp3) is 0.579. The summed E-state index contributed by atoms with van der Waals surface area (Å²) in [7, 11) is 2.96. The number of carbonyl (C=O) groups excluding carboxylic acids is 2. The number of hydrogen-bond acceptors (Lipinski definition) is 6. The van der Waals surface area contributed by atoms with Gasteiger partial charge in [0.15, 0.2) is 11.5 Å². The summed E-state index contributed by atoms with van der Waals surface area (Å²) in [5.74, 6) is 0.0512. The molecule has 1 saturated carbocycles. The van der Waals surface area contributed by atoms with Crippen molar-refractivity contribution in [3.8, 4) is 11.5 Å². The fourth-order valence-corrected chi connectivity index (χ4v) is 3.37.